The first-order chi connectivity index (χ1) is 9.92. The molecule has 1 radical (unpaired) electrons. The van der Waals surface area contributed by atoms with E-state index in [4.69, 9.17) is 5.73 Å². The predicted octanol–water partition coefficient (Wildman–Crippen LogP) is 1.32. The van der Waals surface area contributed by atoms with Gasteiger partial charge in [-0.1, -0.05) is 22.0 Å². The third-order valence-electron chi connectivity index (χ3n) is 3.42. The highest BCUT2D eigenvalue weighted by atomic mass is 79.9. The van der Waals surface area contributed by atoms with Crippen LogP contribution in [0.25, 0.3) is 23.0 Å². The number of hydrogen-bond donors (Lipinski definition) is 1. The molecule has 0 spiro atoms. The molecule has 1 aliphatic rings. The van der Waals surface area contributed by atoms with Gasteiger partial charge in [0.05, 0.1) is 6.54 Å². The highest BCUT2D eigenvalue weighted by molar-refractivity contribution is 9.10. The van der Waals surface area contributed by atoms with Crippen LogP contribution in [0.1, 0.15) is 5.56 Å². The molecule has 1 amide bonds. The van der Waals surface area contributed by atoms with Crippen LogP contribution >= 0.6 is 15.9 Å². The number of nitrogens with two attached hydrogens (primary N) is 1. The van der Waals surface area contributed by atoms with E-state index in [2.05, 4.69) is 21.2 Å². The summed E-state index contributed by atoms with van der Waals surface area (Å²) in [5.41, 5.74) is 5.02. The summed E-state index contributed by atoms with van der Waals surface area (Å²) in [6.45, 7) is -0.793. The Balaban J connectivity index is 2.52. The molecular formula is C15H10BrF2N2O. The summed E-state index contributed by atoms with van der Waals surface area (Å²) in [7, 11) is 0. The molecule has 1 aliphatic heterocycles. The average molecular weight is 352 g/mol. The molecule has 2 N–H and O–H groups in total. The third-order valence-corrected chi connectivity index (χ3v) is 3.92. The van der Waals surface area contributed by atoms with Crippen molar-refractivity contribution in [2.45, 2.75) is 5.92 Å². The first-order valence-electron chi connectivity index (χ1n) is 6.20. The van der Waals surface area contributed by atoms with Gasteiger partial charge < -0.3 is 5.73 Å². The third kappa shape index (κ3) is 2.34. The zero-order valence-electron chi connectivity index (χ0n) is 10.7. The molecule has 0 aromatic heterocycles. The second-order valence-corrected chi connectivity index (χ2v) is 5.68. The van der Waals surface area contributed by atoms with E-state index in [1.165, 1.54) is 18.3 Å². The number of hydrogen-bond acceptors (Lipinski definition) is 2. The Kier molecular flexibility index (Phi) is 3.30. The number of carbonyl (C=O) groups excluding carboxylic acids is 1. The number of fused-ring (bicyclic) bond motifs is 3. The van der Waals surface area contributed by atoms with E-state index in [-0.39, 0.29) is 5.56 Å². The molecule has 2 aromatic carbocycles. The minimum Gasteiger partial charge on any atom is -0.325 e. The van der Waals surface area contributed by atoms with Gasteiger partial charge in [0.2, 0.25) is 0 Å². The highest BCUT2D eigenvalue weighted by Gasteiger charge is 2.32. The van der Waals surface area contributed by atoms with E-state index in [0.29, 0.717) is 21.2 Å². The van der Waals surface area contributed by atoms with Gasteiger partial charge in [-0.2, -0.15) is 8.78 Å². The fourth-order valence-electron chi connectivity index (χ4n) is 2.42. The van der Waals surface area contributed by atoms with Gasteiger partial charge in [0.25, 0.3) is 11.8 Å². The maximum absolute atomic E-state index is 14.1. The Morgan fingerprint density at radius 2 is 2.00 bits per heavy atom. The van der Waals surface area contributed by atoms with Crippen LogP contribution in [-0.2, 0) is 10.7 Å². The second kappa shape index (κ2) is 4.89. The Bertz CT molecular complexity index is 877. The van der Waals surface area contributed by atoms with Gasteiger partial charge in [0, 0.05) is 27.5 Å². The normalized spacial score (nSPS) is 14.2. The molecule has 0 saturated carbocycles. The van der Waals surface area contributed by atoms with E-state index < -0.39 is 18.4 Å². The summed E-state index contributed by atoms with van der Waals surface area (Å²) >= 11 is 3.33. The van der Waals surface area contributed by atoms with Crippen molar-refractivity contribution < 1.29 is 13.6 Å². The number of carbonyl (C=O) groups is 1. The van der Waals surface area contributed by atoms with Crippen LogP contribution in [0.5, 0.6) is 0 Å². The molecule has 0 unspecified atom stereocenters. The number of benzene rings is 2. The first kappa shape index (κ1) is 14.2. The van der Waals surface area contributed by atoms with Crippen molar-refractivity contribution >= 4 is 44.9 Å². The van der Waals surface area contributed by atoms with E-state index in [0.717, 1.165) is 4.47 Å². The lowest BCUT2D eigenvalue weighted by molar-refractivity contribution is -0.114. The Hall–Kier alpha value is -1.79. The van der Waals surface area contributed by atoms with Gasteiger partial charge in [0.15, 0.2) is 0 Å². The molecule has 1 heterocycles. The topological polar surface area (TPSA) is 57.2 Å². The SMILES string of the molecule is NCC(F)(F)c1cc2c(c3cc(Br)ccc13)=C[N]C(=O)C=2. The van der Waals surface area contributed by atoms with Crippen LogP contribution in [0.15, 0.2) is 28.7 Å². The molecule has 0 saturated heterocycles. The van der Waals surface area contributed by atoms with E-state index in [1.807, 2.05) is 0 Å². The number of nitrogens with zero attached hydrogens (tertiary/aromatic N) is 1. The van der Waals surface area contributed by atoms with Crippen molar-refractivity contribution in [3.8, 4) is 0 Å². The quantitative estimate of drug-likeness (QED) is 0.886. The smallest absolute Gasteiger partial charge is 0.285 e. The van der Waals surface area contributed by atoms with Crippen molar-refractivity contribution in [2.24, 2.45) is 5.73 Å². The van der Waals surface area contributed by atoms with Gasteiger partial charge in [-0.3, -0.25) is 4.79 Å². The first-order valence-corrected chi connectivity index (χ1v) is 6.99. The summed E-state index contributed by atoms with van der Waals surface area (Å²) in [5.74, 6) is -3.62. The fourth-order valence-corrected chi connectivity index (χ4v) is 2.78. The second-order valence-electron chi connectivity index (χ2n) is 4.77. The summed E-state index contributed by atoms with van der Waals surface area (Å²) in [5, 5.41) is 5.82. The number of rotatable bonds is 2. The predicted molar refractivity (Wildman–Crippen MR) is 79.9 cm³/mol. The zero-order valence-corrected chi connectivity index (χ0v) is 12.3. The van der Waals surface area contributed by atoms with E-state index in [9.17, 15) is 13.6 Å². The molecule has 0 atom stereocenters. The van der Waals surface area contributed by atoms with Crippen molar-refractivity contribution in [3.63, 3.8) is 0 Å². The number of amides is 1. The highest BCUT2D eigenvalue weighted by Crippen LogP contribution is 2.31. The summed E-state index contributed by atoms with van der Waals surface area (Å²) in [6.07, 6.45) is 2.67. The Morgan fingerprint density at radius 1 is 1.24 bits per heavy atom. The number of halogens is 3. The van der Waals surface area contributed by atoms with Crippen LogP contribution < -0.4 is 21.5 Å². The van der Waals surface area contributed by atoms with Gasteiger partial charge in [0.1, 0.15) is 0 Å². The molecular weight excluding hydrogens is 342 g/mol. The van der Waals surface area contributed by atoms with Crippen molar-refractivity contribution in [1.29, 1.82) is 0 Å². The number of alkyl halides is 2. The van der Waals surface area contributed by atoms with Gasteiger partial charge in [-0.05, 0) is 34.2 Å². The Morgan fingerprint density at radius 3 is 2.71 bits per heavy atom. The Labute approximate surface area is 127 Å². The summed E-state index contributed by atoms with van der Waals surface area (Å²) < 4.78 is 29.0. The summed E-state index contributed by atoms with van der Waals surface area (Å²) in [6, 6.07) is 6.37. The fraction of sp³-hybridized carbons (Fsp3) is 0.133. The van der Waals surface area contributed by atoms with Crippen LogP contribution in [0.2, 0.25) is 0 Å². The summed E-state index contributed by atoms with van der Waals surface area (Å²) in [4.78, 5) is 11.4. The molecule has 3 nitrogen and oxygen atoms in total. The minimum absolute atomic E-state index is 0.175. The largest absolute Gasteiger partial charge is 0.325 e. The van der Waals surface area contributed by atoms with E-state index in [1.54, 1.807) is 18.2 Å². The minimum atomic E-state index is -3.16. The van der Waals surface area contributed by atoms with Crippen LogP contribution in [0.3, 0.4) is 0 Å². The van der Waals surface area contributed by atoms with E-state index >= 15 is 0 Å². The maximum atomic E-state index is 14.1. The molecule has 3 rings (SSSR count). The van der Waals surface area contributed by atoms with Crippen LogP contribution in [-0.4, -0.2) is 12.5 Å². The molecule has 107 valence electrons. The maximum Gasteiger partial charge on any atom is 0.285 e. The van der Waals surface area contributed by atoms with Crippen LogP contribution in [0.4, 0.5) is 8.78 Å². The lowest BCUT2D eigenvalue weighted by atomic mass is 9.96. The zero-order chi connectivity index (χ0) is 15.2. The van der Waals surface area contributed by atoms with Gasteiger partial charge in [-0.25, -0.2) is 5.32 Å². The molecule has 0 bridgehead atoms. The lowest BCUT2D eigenvalue weighted by Crippen LogP contribution is -2.36. The van der Waals surface area contributed by atoms with Gasteiger partial charge in [-0.15, -0.1) is 0 Å². The average Bonchev–Trinajstić information content (AvgIpc) is 2.45. The molecule has 21 heavy (non-hydrogen) atoms. The molecule has 2 aromatic rings. The van der Waals surface area contributed by atoms with Crippen molar-refractivity contribution in [2.75, 3.05) is 6.54 Å². The van der Waals surface area contributed by atoms with Crippen molar-refractivity contribution in [1.82, 2.24) is 5.32 Å². The standard InChI is InChI=1S/C15H10BrF2N2O/c16-9-1-2-10-11(5-9)12-6-20-14(21)4-8(12)3-13(10)15(17,18)7-19/h1-6H,7,19H2. The molecule has 0 aliphatic carbocycles. The van der Waals surface area contributed by atoms with Crippen LogP contribution in [0, 0.1) is 0 Å². The monoisotopic (exact) mass is 351 g/mol. The lowest BCUT2D eigenvalue weighted by Gasteiger charge is -2.18. The van der Waals surface area contributed by atoms with Gasteiger partial charge >= 0.3 is 0 Å². The van der Waals surface area contributed by atoms with Crippen molar-refractivity contribution in [3.05, 3.63) is 44.7 Å². The molecule has 0 fully saturated rings. The molecule has 6 heteroatoms.